The minimum Gasteiger partial charge on any atom is -0.409 e. The van der Waals surface area contributed by atoms with Gasteiger partial charge in [-0.05, 0) is 53.8 Å². The number of hydrogen-bond donors (Lipinski definition) is 3. The lowest BCUT2D eigenvalue weighted by Crippen LogP contribution is -2.39. The molecule has 0 radical (unpaired) electrons. The van der Waals surface area contributed by atoms with Crippen molar-refractivity contribution in [1.82, 2.24) is 10.2 Å². The molecule has 0 amide bonds. The van der Waals surface area contributed by atoms with Crippen molar-refractivity contribution in [3.8, 4) is 0 Å². The lowest BCUT2D eigenvalue weighted by molar-refractivity contribution is 0.267. The van der Waals surface area contributed by atoms with Gasteiger partial charge < -0.3 is 21.2 Å². The van der Waals surface area contributed by atoms with Crippen LogP contribution in [0.15, 0.2) is 5.16 Å². The van der Waals surface area contributed by atoms with Crippen LogP contribution < -0.4 is 11.1 Å². The van der Waals surface area contributed by atoms with Crippen molar-refractivity contribution in [2.24, 2.45) is 10.9 Å². The summed E-state index contributed by atoms with van der Waals surface area (Å²) in [5, 5.41) is 14.6. The summed E-state index contributed by atoms with van der Waals surface area (Å²) in [6.07, 6.45) is 2.25. The number of rotatable bonds is 8. The second-order valence-corrected chi connectivity index (χ2v) is 4.48. The zero-order chi connectivity index (χ0) is 12.6. The third-order valence-electron chi connectivity index (χ3n) is 2.83. The van der Waals surface area contributed by atoms with E-state index < -0.39 is 0 Å². The van der Waals surface area contributed by atoms with Crippen molar-refractivity contribution in [3.05, 3.63) is 0 Å². The molecule has 5 nitrogen and oxygen atoms in total. The number of nitrogens with two attached hydrogens (primary N) is 1. The topological polar surface area (TPSA) is 73.9 Å². The van der Waals surface area contributed by atoms with E-state index in [1.54, 1.807) is 0 Å². The molecule has 0 spiro atoms. The van der Waals surface area contributed by atoms with Gasteiger partial charge in [-0.25, -0.2) is 0 Å². The molecule has 0 aromatic heterocycles. The van der Waals surface area contributed by atoms with Crippen molar-refractivity contribution in [2.75, 3.05) is 20.1 Å². The highest BCUT2D eigenvalue weighted by molar-refractivity contribution is 5.84. The molecule has 1 atom stereocenters. The van der Waals surface area contributed by atoms with Crippen LogP contribution in [0.25, 0.3) is 0 Å². The predicted octanol–water partition coefficient (Wildman–Crippen LogP) is 0.831. The Bertz CT molecular complexity index is 206. The molecule has 96 valence electrons. The molecule has 0 aliphatic heterocycles. The van der Waals surface area contributed by atoms with Crippen LogP contribution in [0.1, 0.15) is 33.6 Å². The fourth-order valence-corrected chi connectivity index (χ4v) is 1.25. The van der Waals surface area contributed by atoms with Gasteiger partial charge in [-0.1, -0.05) is 5.16 Å². The summed E-state index contributed by atoms with van der Waals surface area (Å²) in [5.74, 6) is 0.235. The molecular weight excluding hydrogens is 204 g/mol. The smallest absolute Gasteiger partial charge is 0.156 e. The highest BCUT2D eigenvalue weighted by atomic mass is 16.4. The Labute approximate surface area is 98.7 Å². The molecule has 0 rings (SSSR count). The van der Waals surface area contributed by atoms with Gasteiger partial charge in [0.15, 0.2) is 5.84 Å². The summed E-state index contributed by atoms with van der Waals surface area (Å²) in [7, 11) is 2.14. The highest BCUT2D eigenvalue weighted by Crippen LogP contribution is 1.97. The minimum absolute atomic E-state index is 0.0622. The zero-order valence-corrected chi connectivity index (χ0v) is 10.9. The van der Waals surface area contributed by atoms with Crippen molar-refractivity contribution in [2.45, 2.75) is 45.7 Å². The minimum atomic E-state index is -0.0622. The summed E-state index contributed by atoms with van der Waals surface area (Å²) < 4.78 is 0. The van der Waals surface area contributed by atoms with Gasteiger partial charge >= 0.3 is 0 Å². The van der Waals surface area contributed by atoms with E-state index in [1.807, 2.05) is 6.92 Å². The lowest BCUT2D eigenvalue weighted by Gasteiger charge is -2.20. The number of nitrogens with one attached hydrogen (secondary N) is 1. The summed E-state index contributed by atoms with van der Waals surface area (Å²) in [6.45, 7) is 8.27. The van der Waals surface area contributed by atoms with Crippen LogP contribution in [0.4, 0.5) is 0 Å². The van der Waals surface area contributed by atoms with Crippen molar-refractivity contribution in [1.29, 1.82) is 0 Å². The molecule has 0 fully saturated rings. The Hall–Kier alpha value is -0.810. The standard InChI is InChI=1S/C11H26N4O/c1-9(2)15(4)8-6-5-7-13-10(3)11(12)14-16/h9-10,13,16H,5-8H2,1-4H3,(H2,12,14). The Kier molecular flexibility index (Phi) is 7.93. The first-order valence-electron chi connectivity index (χ1n) is 5.90. The number of amidine groups is 1. The maximum absolute atomic E-state index is 8.46. The Balaban J connectivity index is 3.47. The van der Waals surface area contributed by atoms with Crippen LogP contribution in [-0.4, -0.2) is 48.2 Å². The van der Waals surface area contributed by atoms with E-state index in [1.165, 1.54) is 0 Å². The van der Waals surface area contributed by atoms with Crippen molar-refractivity contribution in [3.63, 3.8) is 0 Å². The van der Waals surface area contributed by atoms with Crippen molar-refractivity contribution >= 4 is 5.84 Å². The fourth-order valence-electron chi connectivity index (χ4n) is 1.25. The van der Waals surface area contributed by atoms with Crippen LogP contribution in [0.2, 0.25) is 0 Å². The Morgan fingerprint density at radius 1 is 1.38 bits per heavy atom. The predicted molar refractivity (Wildman–Crippen MR) is 67.9 cm³/mol. The van der Waals surface area contributed by atoms with E-state index in [0.29, 0.717) is 6.04 Å². The Morgan fingerprint density at radius 2 is 2.00 bits per heavy atom. The summed E-state index contributed by atoms with van der Waals surface area (Å²) in [4.78, 5) is 2.33. The van der Waals surface area contributed by atoms with E-state index in [-0.39, 0.29) is 11.9 Å². The molecule has 1 unspecified atom stereocenters. The highest BCUT2D eigenvalue weighted by Gasteiger charge is 2.06. The van der Waals surface area contributed by atoms with E-state index >= 15 is 0 Å². The van der Waals surface area contributed by atoms with Crippen molar-refractivity contribution < 1.29 is 5.21 Å². The third-order valence-corrected chi connectivity index (χ3v) is 2.83. The number of hydrogen-bond acceptors (Lipinski definition) is 4. The van der Waals surface area contributed by atoms with Gasteiger partial charge in [0.2, 0.25) is 0 Å². The molecule has 0 bridgehead atoms. The van der Waals surface area contributed by atoms with E-state index in [4.69, 9.17) is 10.9 Å². The van der Waals surface area contributed by atoms with Gasteiger partial charge in [0.05, 0.1) is 6.04 Å². The first kappa shape index (κ1) is 15.2. The molecule has 0 aliphatic carbocycles. The number of unbranched alkanes of at least 4 members (excludes halogenated alkanes) is 1. The normalized spacial score (nSPS) is 14.8. The van der Waals surface area contributed by atoms with Gasteiger partial charge in [0, 0.05) is 6.04 Å². The van der Waals surface area contributed by atoms with Gasteiger partial charge in [-0.15, -0.1) is 0 Å². The first-order valence-corrected chi connectivity index (χ1v) is 5.90. The SMILES string of the molecule is CC(NCCCCN(C)C(C)C)C(N)=NO. The molecule has 16 heavy (non-hydrogen) atoms. The molecule has 0 aromatic rings. The number of oxime groups is 1. The molecule has 0 aromatic carbocycles. The quantitative estimate of drug-likeness (QED) is 0.190. The van der Waals surface area contributed by atoms with Crippen LogP contribution in [-0.2, 0) is 0 Å². The summed E-state index contributed by atoms with van der Waals surface area (Å²) in [5.41, 5.74) is 5.45. The first-order chi connectivity index (χ1) is 7.49. The molecule has 0 saturated carbocycles. The maximum atomic E-state index is 8.46. The molecule has 4 N–H and O–H groups in total. The Morgan fingerprint density at radius 3 is 2.50 bits per heavy atom. The van der Waals surface area contributed by atoms with E-state index in [2.05, 4.69) is 36.3 Å². The summed E-state index contributed by atoms with van der Waals surface area (Å²) in [6, 6.07) is 0.539. The summed E-state index contributed by atoms with van der Waals surface area (Å²) >= 11 is 0. The third kappa shape index (κ3) is 6.63. The van der Waals surface area contributed by atoms with Crippen LogP contribution in [0, 0.1) is 0 Å². The number of nitrogens with zero attached hydrogens (tertiary/aromatic N) is 2. The molecule has 0 saturated heterocycles. The second kappa shape index (κ2) is 8.35. The van der Waals surface area contributed by atoms with E-state index in [0.717, 1.165) is 25.9 Å². The fraction of sp³-hybridized carbons (Fsp3) is 0.909. The molecule has 5 heteroatoms. The van der Waals surface area contributed by atoms with Gasteiger partial charge in [0.25, 0.3) is 0 Å². The van der Waals surface area contributed by atoms with Crippen LogP contribution in [0.5, 0.6) is 0 Å². The largest absolute Gasteiger partial charge is 0.409 e. The maximum Gasteiger partial charge on any atom is 0.156 e. The second-order valence-electron chi connectivity index (χ2n) is 4.48. The van der Waals surface area contributed by atoms with Gasteiger partial charge in [0.1, 0.15) is 0 Å². The molecular formula is C11H26N4O. The lowest BCUT2D eigenvalue weighted by atomic mass is 10.2. The average molecular weight is 230 g/mol. The van der Waals surface area contributed by atoms with E-state index in [9.17, 15) is 0 Å². The monoisotopic (exact) mass is 230 g/mol. The average Bonchev–Trinajstić information content (AvgIpc) is 2.26. The molecule has 0 heterocycles. The molecule has 0 aliphatic rings. The zero-order valence-electron chi connectivity index (χ0n) is 10.9. The van der Waals surface area contributed by atoms with Gasteiger partial charge in [-0.3, -0.25) is 0 Å². The van der Waals surface area contributed by atoms with Crippen LogP contribution in [0.3, 0.4) is 0 Å². The van der Waals surface area contributed by atoms with Gasteiger partial charge in [-0.2, -0.15) is 0 Å². The van der Waals surface area contributed by atoms with Crippen LogP contribution >= 0.6 is 0 Å².